The Hall–Kier alpha value is -2.69. The topological polar surface area (TPSA) is 84.6 Å². The number of nitrogen functional groups attached to an aromatic ring is 1. The number of carboxylic acids is 1. The first kappa shape index (κ1) is 13.7. The van der Waals surface area contributed by atoms with Gasteiger partial charge in [-0.15, -0.1) is 0 Å². The minimum Gasteiger partial charge on any atom is -0.495 e. The standard InChI is InChI=1S/C15H16N2O3/c1-9-6-7-13(20-2)12(8-9)17-11-5-3-4-10(14(11)16)15(18)19/h3-8,17H,16H2,1-2H3,(H,18,19). The third-order valence-corrected chi connectivity index (χ3v) is 2.96. The lowest BCUT2D eigenvalue weighted by Gasteiger charge is -2.14. The van der Waals surface area contributed by atoms with Crippen molar-refractivity contribution in [3.63, 3.8) is 0 Å². The minimum atomic E-state index is -1.05. The number of methoxy groups -OCH3 is 1. The van der Waals surface area contributed by atoms with Crippen LogP contribution < -0.4 is 15.8 Å². The Balaban J connectivity index is 2.42. The highest BCUT2D eigenvalue weighted by Gasteiger charge is 2.12. The molecule has 0 aliphatic heterocycles. The van der Waals surface area contributed by atoms with Gasteiger partial charge in [0, 0.05) is 0 Å². The summed E-state index contributed by atoms with van der Waals surface area (Å²) in [7, 11) is 1.58. The van der Waals surface area contributed by atoms with Gasteiger partial charge in [0.1, 0.15) is 5.75 Å². The Morgan fingerprint density at radius 2 is 2.00 bits per heavy atom. The molecule has 2 rings (SSSR count). The van der Waals surface area contributed by atoms with Gasteiger partial charge >= 0.3 is 5.97 Å². The number of carboxylic acid groups (broad SMARTS) is 1. The number of anilines is 3. The predicted molar refractivity (Wildman–Crippen MR) is 78.8 cm³/mol. The van der Waals surface area contributed by atoms with E-state index in [-0.39, 0.29) is 11.3 Å². The molecule has 0 spiro atoms. The van der Waals surface area contributed by atoms with E-state index in [9.17, 15) is 4.79 Å². The van der Waals surface area contributed by atoms with E-state index < -0.39 is 5.97 Å². The lowest BCUT2D eigenvalue weighted by atomic mass is 10.1. The second-order valence-electron chi connectivity index (χ2n) is 4.40. The Morgan fingerprint density at radius 1 is 1.25 bits per heavy atom. The number of para-hydroxylation sites is 1. The number of nitrogens with one attached hydrogen (secondary N) is 1. The lowest BCUT2D eigenvalue weighted by Crippen LogP contribution is -2.05. The third-order valence-electron chi connectivity index (χ3n) is 2.96. The number of ether oxygens (including phenoxy) is 1. The van der Waals surface area contributed by atoms with Crippen molar-refractivity contribution in [2.45, 2.75) is 6.92 Å². The van der Waals surface area contributed by atoms with Crippen LogP contribution >= 0.6 is 0 Å². The quantitative estimate of drug-likeness (QED) is 0.745. The summed E-state index contributed by atoms with van der Waals surface area (Å²) in [6.07, 6.45) is 0. The van der Waals surface area contributed by atoms with Crippen LogP contribution in [0, 0.1) is 6.92 Å². The van der Waals surface area contributed by atoms with Crippen molar-refractivity contribution >= 4 is 23.0 Å². The molecule has 2 aromatic rings. The fourth-order valence-corrected chi connectivity index (χ4v) is 1.93. The first-order valence-electron chi connectivity index (χ1n) is 6.06. The van der Waals surface area contributed by atoms with Gasteiger partial charge in [0.05, 0.1) is 29.7 Å². The van der Waals surface area contributed by atoms with Crippen LogP contribution in [0.3, 0.4) is 0 Å². The van der Waals surface area contributed by atoms with Crippen LogP contribution in [0.5, 0.6) is 5.75 Å². The highest BCUT2D eigenvalue weighted by atomic mass is 16.5. The Kier molecular flexibility index (Phi) is 3.79. The summed E-state index contributed by atoms with van der Waals surface area (Å²) in [5.74, 6) is -0.391. The molecule has 0 bridgehead atoms. The van der Waals surface area contributed by atoms with Gasteiger partial charge in [0.2, 0.25) is 0 Å². The lowest BCUT2D eigenvalue weighted by molar-refractivity contribution is 0.0698. The monoisotopic (exact) mass is 272 g/mol. The Labute approximate surface area is 117 Å². The number of hydrogen-bond donors (Lipinski definition) is 3. The van der Waals surface area contributed by atoms with Crippen LogP contribution in [-0.4, -0.2) is 18.2 Å². The van der Waals surface area contributed by atoms with Crippen molar-refractivity contribution in [1.29, 1.82) is 0 Å². The summed E-state index contributed by atoms with van der Waals surface area (Å²) in [5, 5.41) is 12.2. The molecule has 2 aromatic carbocycles. The van der Waals surface area contributed by atoms with Gasteiger partial charge in [0.15, 0.2) is 0 Å². The van der Waals surface area contributed by atoms with Gasteiger partial charge in [-0.3, -0.25) is 0 Å². The summed E-state index contributed by atoms with van der Waals surface area (Å²) in [4.78, 5) is 11.1. The maximum Gasteiger partial charge on any atom is 0.337 e. The van der Waals surface area contributed by atoms with Gasteiger partial charge in [-0.2, -0.15) is 0 Å². The molecule has 0 fully saturated rings. The van der Waals surface area contributed by atoms with Gasteiger partial charge in [-0.05, 0) is 36.8 Å². The van der Waals surface area contributed by atoms with Crippen LogP contribution in [0.2, 0.25) is 0 Å². The molecule has 0 aliphatic rings. The zero-order valence-electron chi connectivity index (χ0n) is 11.3. The van der Waals surface area contributed by atoms with E-state index in [4.69, 9.17) is 15.6 Å². The molecule has 0 amide bonds. The molecule has 0 unspecified atom stereocenters. The molecule has 5 nitrogen and oxygen atoms in total. The highest BCUT2D eigenvalue weighted by molar-refractivity contribution is 5.97. The third kappa shape index (κ3) is 2.66. The van der Waals surface area contributed by atoms with E-state index >= 15 is 0 Å². The number of aromatic carboxylic acids is 1. The minimum absolute atomic E-state index is 0.0709. The molecule has 0 heterocycles. The first-order valence-corrected chi connectivity index (χ1v) is 6.06. The average molecular weight is 272 g/mol. The van der Waals surface area contributed by atoms with Gasteiger partial charge in [-0.25, -0.2) is 4.79 Å². The maximum atomic E-state index is 11.1. The fraction of sp³-hybridized carbons (Fsp3) is 0.133. The molecule has 0 aliphatic carbocycles. The van der Waals surface area contributed by atoms with E-state index in [0.717, 1.165) is 11.3 Å². The van der Waals surface area contributed by atoms with Crippen molar-refractivity contribution < 1.29 is 14.6 Å². The summed E-state index contributed by atoms with van der Waals surface area (Å²) in [6.45, 7) is 1.96. The molecule has 104 valence electrons. The molecule has 0 saturated heterocycles. The number of hydrogen-bond acceptors (Lipinski definition) is 4. The summed E-state index contributed by atoms with van der Waals surface area (Å²) >= 11 is 0. The van der Waals surface area contributed by atoms with Crippen LogP contribution in [0.4, 0.5) is 17.1 Å². The normalized spacial score (nSPS) is 10.1. The Bertz CT molecular complexity index is 654. The van der Waals surface area contributed by atoms with Crippen LogP contribution in [0.1, 0.15) is 15.9 Å². The smallest absolute Gasteiger partial charge is 0.337 e. The fourth-order valence-electron chi connectivity index (χ4n) is 1.93. The number of carbonyl (C=O) groups is 1. The number of nitrogens with two attached hydrogens (primary N) is 1. The molecule has 0 radical (unpaired) electrons. The van der Waals surface area contributed by atoms with E-state index in [1.807, 2.05) is 25.1 Å². The SMILES string of the molecule is COc1ccc(C)cc1Nc1cccc(C(=O)O)c1N. The van der Waals surface area contributed by atoms with Gasteiger partial charge in [-0.1, -0.05) is 12.1 Å². The van der Waals surface area contributed by atoms with Crippen molar-refractivity contribution in [1.82, 2.24) is 0 Å². The zero-order chi connectivity index (χ0) is 14.7. The summed E-state index contributed by atoms with van der Waals surface area (Å²) in [5.41, 5.74) is 8.48. The van der Waals surface area contributed by atoms with Gasteiger partial charge in [0.25, 0.3) is 0 Å². The maximum absolute atomic E-state index is 11.1. The molecule has 0 aromatic heterocycles. The number of rotatable bonds is 4. The van der Waals surface area contributed by atoms with Crippen molar-refractivity contribution in [2.24, 2.45) is 0 Å². The van der Waals surface area contributed by atoms with E-state index in [0.29, 0.717) is 11.4 Å². The summed E-state index contributed by atoms with van der Waals surface area (Å²) < 4.78 is 5.27. The van der Waals surface area contributed by atoms with E-state index in [1.165, 1.54) is 6.07 Å². The first-order chi connectivity index (χ1) is 9.52. The molecular formula is C15H16N2O3. The average Bonchev–Trinajstić information content (AvgIpc) is 2.41. The zero-order valence-corrected chi connectivity index (χ0v) is 11.3. The van der Waals surface area contributed by atoms with Crippen LogP contribution in [-0.2, 0) is 0 Å². The predicted octanol–water partition coefficient (Wildman–Crippen LogP) is 3.03. The number of aryl methyl sites for hydroxylation is 1. The molecule has 4 N–H and O–H groups in total. The number of benzene rings is 2. The molecular weight excluding hydrogens is 256 g/mol. The van der Waals surface area contributed by atoms with Crippen molar-refractivity contribution in [2.75, 3.05) is 18.2 Å². The van der Waals surface area contributed by atoms with E-state index in [1.54, 1.807) is 19.2 Å². The summed E-state index contributed by atoms with van der Waals surface area (Å²) in [6, 6.07) is 10.5. The van der Waals surface area contributed by atoms with Crippen molar-refractivity contribution in [3.05, 3.63) is 47.5 Å². The molecule has 0 atom stereocenters. The van der Waals surface area contributed by atoms with E-state index in [2.05, 4.69) is 5.32 Å². The van der Waals surface area contributed by atoms with Crippen molar-refractivity contribution in [3.8, 4) is 5.75 Å². The largest absolute Gasteiger partial charge is 0.495 e. The molecule has 5 heteroatoms. The Morgan fingerprint density at radius 3 is 2.65 bits per heavy atom. The van der Waals surface area contributed by atoms with Crippen LogP contribution in [0.15, 0.2) is 36.4 Å². The highest BCUT2D eigenvalue weighted by Crippen LogP contribution is 2.32. The second kappa shape index (κ2) is 5.52. The molecule has 0 saturated carbocycles. The second-order valence-corrected chi connectivity index (χ2v) is 4.40. The van der Waals surface area contributed by atoms with Crippen LogP contribution in [0.25, 0.3) is 0 Å². The van der Waals surface area contributed by atoms with Gasteiger partial charge < -0.3 is 20.9 Å². The molecule has 20 heavy (non-hydrogen) atoms.